The normalized spacial score (nSPS) is 13.4. The molecule has 0 aliphatic heterocycles. The Morgan fingerprint density at radius 3 is 2.38 bits per heavy atom. The van der Waals surface area contributed by atoms with Gasteiger partial charge in [-0.1, -0.05) is 43.0 Å². The zero-order chi connectivity index (χ0) is 15.5. The van der Waals surface area contributed by atoms with Crippen LogP contribution in [0.4, 0.5) is 0 Å². The zero-order valence-corrected chi connectivity index (χ0v) is 14.1. The van der Waals surface area contributed by atoms with E-state index in [0.29, 0.717) is 0 Å². The number of aryl methyl sites for hydroxylation is 1. The van der Waals surface area contributed by atoms with Crippen molar-refractivity contribution < 1.29 is 9.32 Å². The van der Waals surface area contributed by atoms with E-state index in [1.165, 1.54) is 11.1 Å². The summed E-state index contributed by atoms with van der Waals surface area (Å²) in [7, 11) is -1.04. The summed E-state index contributed by atoms with van der Waals surface area (Å²) in [4.78, 5) is 0.880. The predicted molar refractivity (Wildman–Crippen MR) is 90.7 cm³/mol. The smallest absolute Gasteiger partial charge is 0.0775 e. The minimum Gasteiger partial charge on any atom is -0.396 e. The van der Waals surface area contributed by atoms with E-state index in [-0.39, 0.29) is 6.61 Å². The number of unbranched alkanes of at least 4 members (excludes halogenated alkanes) is 3. The van der Waals surface area contributed by atoms with Crippen molar-refractivity contribution in [1.29, 1.82) is 0 Å². The van der Waals surface area contributed by atoms with Crippen molar-refractivity contribution in [3.05, 3.63) is 40.8 Å². The van der Waals surface area contributed by atoms with Gasteiger partial charge in [-0.2, -0.15) is 0 Å². The quantitative estimate of drug-likeness (QED) is 0.634. The highest BCUT2D eigenvalue weighted by molar-refractivity contribution is 7.88. The highest BCUT2D eigenvalue weighted by Crippen LogP contribution is 2.19. The van der Waals surface area contributed by atoms with Gasteiger partial charge in [-0.15, -0.1) is 0 Å². The van der Waals surface area contributed by atoms with Crippen LogP contribution < -0.4 is 0 Å². The predicted octanol–water partition coefficient (Wildman–Crippen LogP) is 4.73. The van der Waals surface area contributed by atoms with E-state index in [1.807, 2.05) is 36.6 Å². The van der Waals surface area contributed by atoms with Crippen LogP contribution in [-0.2, 0) is 10.8 Å². The van der Waals surface area contributed by atoms with Crippen molar-refractivity contribution in [2.75, 3.05) is 6.61 Å². The van der Waals surface area contributed by atoms with Crippen molar-refractivity contribution in [3.63, 3.8) is 0 Å². The maximum absolute atomic E-state index is 12.4. The first kappa shape index (κ1) is 18.1. The molecular weight excluding hydrogens is 280 g/mol. The van der Waals surface area contributed by atoms with Gasteiger partial charge in [-0.05, 0) is 51.2 Å². The summed E-state index contributed by atoms with van der Waals surface area (Å²) in [6.07, 6.45) is 7.31. The van der Waals surface area contributed by atoms with Crippen LogP contribution in [0.25, 0.3) is 0 Å². The molecule has 0 aliphatic carbocycles. The molecule has 1 atom stereocenters. The highest BCUT2D eigenvalue weighted by atomic mass is 32.2. The van der Waals surface area contributed by atoms with Crippen molar-refractivity contribution in [2.45, 2.75) is 63.7 Å². The van der Waals surface area contributed by atoms with Gasteiger partial charge in [0.2, 0.25) is 0 Å². The fourth-order valence-corrected chi connectivity index (χ4v) is 3.26. The second-order valence-electron chi connectivity index (χ2n) is 5.52. The lowest BCUT2D eigenvalue weighted by atomic mass is 10.0. The number of hydrogen-bond acceptors (Lipinski definition) is 2. The van der Waals surface area contributed by atoms with E-state index in [1.54, 1.807) is 0 Å². The second-order valence-corrected chi connectivity index (χ2v) is 6.83. The Morgan fingerprint density at radius 2 is 1.76 bits per heavy atom. The lowest BCUT2D eigenvalue weighted by Gasteiger charge is -2.07. The first-order valence-corrected chi connectivity index (χ1v) is 9.16. The third-order valence-electron chi connectivity index (χ3n) is 3.53. The molecule has 0 heterocycles. The maximum atomic E-state index is 12.4. The molecule has 0 aliphatic rings. The summed E-state index contributed by atoms with van der Waals surface area (Å²) >= 11 is 0. The average Bonchev–Trinajstić information content (AvgIpc) is 2.49. The Balaban J connectivity index is 2.65. The second kappa shape index (κ2) is 10.7. The molecular formula is C18H28O2S. The summed E-state index contributed by atoms with van der Waals surface area (Å²) < 4.78 is 12.4. The van der Waals surface area contributed by atoms with Crippen LogP contribution in [0.15, 0.2) is 40.1 Å². The average molecular weight is 308 g/mol. The molecule has 0 aromatic heterocycles. The molecule has 0 saturated heterocycles. The van der Waals surface area contributed by atoms with E-state index in [4.69, 9.17) is 5.11 Å². The summed E-state index contributed by atoms with van der Waals surface area (Å²) in [6, 6.07) is 7.92. The number of benzene rings is 1. The van der Waals surface area contributed by atoms with Gasteiger partial charge in [0, 0.05) is 16.9 Å². The van der Waals surface area contributed by atoms with Crippen LogP contribution in [0.5, 0.6) is 0 Å². The topological polar surface area (TPSA) is 37.3 Å². The van der Waals surface area contributed by atoms with Gasteiger partial charge in [-0.3, -0.25) is 0 Å². The largest absolute Gasteiger partial charge is 0.396 e. The van der Waals surface area contributed by atoms with Gasteiger partial charge in [0.25, 0.3) is 0 Å². The molecule has 0 amide bonds. The van der Waals surface area contributed by atoms with Crippen LogP contribution in [0.1, 0.15) is 57.4 Å². The number of aliphatic hydroxyl groups is 1. The summed E-state index contributed by atoms with van der Waals surface area (Å²) in [5.74, 6) is 0. The number of aliphatic hydroxyl groups excluding tert-OH is 1. The van der Waals surface area contributed by atoms with Gasteiger partial charge < -0.3 is 5.11 Å². The van der Waals surface area contributed by atoms with Crippen molar-refractivity contribution in [3.8, 4) is 0 Å². The van der Waals surface area contributed by atoms with Crippen LogP contribution in [0.3, 0.4) is 0 Å². The summed E-state index contributed by atoms with van der Waals surface area (Å²) in [5.41, 5.74) is 2.49. The fraction of sp³-hybridized carbons (Fsp3) is 0.556. The van der Waals surface area contributed by atoms with Gasteiger partial charge in [0.15, 0.2) is 0 Å². The molecule has 0 unspecified atom stereocenters. The lowest BCUT2D eigenvalue weighted by molar-refractivity contribution is 0.283. The monoisotopic (exact) mass is 308 g/mol. The Kier molecular flexibility index (Phi) is 9.27. The SMILES string of the molecule is CCCC/C(=C\[S@@](=O)c1ccc(C)cc1)CCCCCO. The van der Waals surface area contributed by atoms with E-state index in [9.17, 15) is 4.21 Å². The minimum absolute atomic E-state index is 0.267. The van der Waals surface area contributed by atoms with Crippen LogP contribution in [0, 0.1) is 6.92 Å². The van der Waals surface area contributed by atoms with Crippen molar-refractivity contribution in [2.24, 2.45) is 0 Å². The third kappa shape index (κ3) is 7.58. The first-order valence-electron chi connectivity index (χ1n) is 7.95. The first-order chi connectivity index (χ1) is 10.2. The van der Waals surface area contributed by atoms with Gasteiger partial charge in [0.1, 0.15) is 0 Å². The van der Waals surface area contributed by atoms with Crippen LogP contribution in [0.2, 0.25) is 0 Å². The van der Waals surface area contributed by atoms with E-state index < -0.39 is 10.8 Å². The molecule has 1 aromatic rings. The van der Waals surface area contributed by atoms with Gasteiger partial charge in [-0.25, -0.2) is 4.21 Å². The maximum Gasteiger partial charge on any atom is 0.0775 e. The van der Waals surface area contributed by atoms with Crippen molar-refractivity contribution in [1.82, 2.24) is 0 Å². The molecule has 2 nitrogen and oxygen atoms in total. The van der Waals surface area contributed by atoms with E-state index >= 15 is 0 Å². The molecule has 0 fully saturated rings. The highest BCUT2D eigenvalue weighted by Gasteiger charge is 2.04. The van der Waals surface area contributed by atoms with Crippen LogP contribution >= 0.6 is 0 Å². The fourth-order valence-electron chi connectivity index (χ4n) is 2.18. The zero-order valence-electron chi connectivity index (χ0n) is 13.3. The van der Waals surface area contributed by atoms with Gasteiger partial charge in [0.05, 0.1) is 10.8 Å². The number of hydrogen-bond donors (Lipinski definition) is 1. The molecule has 1 rings (SSSR count). The Hall–Kier alpha value is -0.930. The Bertz CT molecular complexity index is 449. The molecule has 0 saturated carbocycles. The molecule has 0 spiro atoms. The van der Waals surface area contributed by atoms with Crippen LogP contribution in [-0.4, -0.2) is 15.9 Å². The molecule has 3 heteroatoms. The van der Waals surface area contributed by atoms with E-state index in [2.05, 4.69) is 6.92 Å². The van der Waals surface area contributed by atoms with Gasteiger partial charge >= 0.3 is 0 Å². The Morgan fingerprint density at radius 1 is 1.10 bits per heavy atom. The molecule has 118 valence electrons. The van der Waals surface area contributed by atoms with E-state index in [0.717, 1.165) is 49.8 Å². The molecule has 21 heavy (non-hydrogen) atoms. The lowest BCUT2D eigenvalue weighted by Crippen LogP contribution is -1.93. The molecule has 0 bridgehead atoms. The standard InChI is InChI=1S/C18H28O2S/c1-3-4-8-17(9-6-5-7-14-19)15-21(20)18-12-10-16(2)11-13-18/h10-13,15,19H,3-9,14H2,1-2H3/b17-15+/t21-/m1/s1. The third-order valence-corrected chi connectivity index (χ3v) is 4.82. The minimum atomic E-state index is -1.04. The number of rotatable bonds is 10. The summed E-state index contributed by atoms with van der Waals surface area (Å²) in [5, 5.41) is 10.8. The molecule has 1 aromatic carbocycles. The Labute approximate surface area is 131 Å². The van der Waals surface area contributed by atoms with Crippen molar-refractivity contribution >= 4 is 10.8 Å². The summed E-state index contributed by atoms with van der Waals surface area (Å²) in [6.45, 7) is 4.49. The number of allylic oxidation sites excluding steroid dienone is 1. The molecule has 0 radical (unpaired) electrons. The molecule has 1 N–H and O–H groups in total.